The standard InChI is InChI=1S/C21H32O2/c1-3-5-6-7-8-9-10-14-18-20(15-4-2)23-21(22)19-16-12-11-13-17-19/h4,11-13,16-17,20H,2-3,5-10,14-15,18H2,1H3. The molecule has 0 aliphatic rings. The van der Waals surface area contributed by atoms with Gasteiger partial charge in [0.2, 0.25) is 0 Å². The maximum atomic E-state index is 12.1. The third kappa shape index (κ3) is 9.22. The normalized spacial score (nSPS) is 11.9. The SMILES string of the molecule is C=CCC(CCCCCCCCCC)OC(=O)c1ccccc1. The van der Waals surface area contributed by atoms with E-state index in [-0.39, 0.29) is 12.1 Å². The average molecular weight is 316 g/mol. The summed E-state index contributed by atoms with van der Waals surface area (Å²) >= 11 is 0. The molecule has 23 heavy (non-hydrogen) atoms. The van der Waals surface area contributed by atoms with Crippen molar-refractivity contribution in [2.45, 2.75) is 77.2 Å². The quantitative estimate of drug-likeness (QED) is 0.242. The van der Waals surface area contributed by atoms with Gasteiger partial charge in [-0.05, 0) is 25.0 Å². The Hall–Kier alpha value is -1.57. The maximum absolute atomic E-state index is 12.1. The van der Waals surface area contributed by atoms with Crippen molar-refractivity contribution in [1.29, 1.82) is 0 Å². The first-order valence-corrected chi connectivity index (χ1v) is 9.14. The molecule has 128 valence electrons. The molecule has 1 unspecified atom stereocenters. The second kappa shape index (κ2) is 12.9. The van der Waals surface area contributed by atoms with E-state index in [0.29, 0.717) is 5.56 Å². The molecule has 1 atom stereocenters. The second-order valence-electron chi connectivity index (χ2n) is 6.18. The lowest BCUT2D eigenvalue weighted by Gasteiger charge is -2.16. The fraction of sp³-hybridized carbons (Fsp3) is 0.571. The summed E-state index contributed by atoms with van der Waals surface area (Å²) in [5, 5.41) is 0. The predicted molar refractivity (Wildman–Crippen MR) is 97.7 cm³/mol. The summed E-state index contributed by atoms with van der Waals surface area (Å²) in [6.45, 7) is 6.02. The van der Waals surface area contributed by atoms with Gasteiger partial charge in [0.15, 0.2) is 0 Å². The molecular formula is C21H32O2. The zero-order chi connectivity index (χ0) is 16.8. The molecule has 0 N–H and O–H groups in total. The van der Waals surface area contributed by atoms with Gasteiger partial charge in [0.25, 0.3) is 0 Å². The zero-order valence-electron chi connectivity index (χ0n) is 14.6. The average Bonchev–Trinajstić information content (AvgIpc) is 2.58. The molecule has 0 saturated heterocycles. The molecule has 0 amide bonds. The lowest BCUT2D eigenvalue weighted by atomic mass is 10.0. The number of carbonyl (C=O) groups excluding carboxylic acids is 1. The fourth-order valence-electron chi connectivity index (χ4n) is 2.71. The maximum Gasteiger partial charge on any atom is 0.338 e. The van der Waals surface area contributed by atoms with Gasteiger partial charge in [-0.15, -0.1) is 6.58 Å². The number of ether oxygens (including phenoxy) is 1. The minimum atomic E-state index is -0.225. The van der Waals surface area contributed by atoms with Crippen LogP contribution in [0.25, 0.3) is 0 Å². The van der Waals surface area contributed by atoms with E-state index >= 15 is 0 Å². The largest absolute Gasteiger partial charge is 0.458 e. The van der Waals surface area contributed by atoms with Crippen molar-refractivity contribution in [2.24, 2.45) is 0 Å². The summed E-state index contributed by atoms with van der Waals surface area (Å²) in [5.41, 5.74) is 0.623. The zero-order valence-corrected chi connectivity index (χ0v) is 14.6. The van der Waals surface area contributed by atoms with Crippen molar-refractivity contribution in [3.05, 3.63) is 48.6 Å². The monoisotopic (exact) mass is 316 g/mol. The van der Waals surface area contributed by atoms with Crippen molar-refractivity contribution in [3.8, 4) is 0 Å². The van der Waals surface area contributed by atoms with Crippen LogP contribution in [0, 0.1) is 0 Å². The van der Waals surface area contributed by atoms with Crippen LogP contribution in [0.1, 0.15) is 81.5 Å². The Labute approximate surface area is 141 Å². The lowest BCUT2D eigenvalue weighted by molar-refractivity contribution is 0.0283. The Morgan fingerprint density at radius 1 is 1.04 bits per heavy atom. The number of hydrogen-bond acceptors (Lipinski definition) is 2. The number of esters is 1. The van der Waals surface area contributed by atoms with E-state index in [1.807, 2.05) is 24.3 Å². The van der Waals surface area contributed by atoms with Crippen LogP contribution in [-0.4, -0.2) is 12.1 Å². The van der Waals surface area contributed by atoms with Gasteiger partial charge in [0.05, 0.1) is 5.56 Å². The van der Waals surface area contributed by atoms with Gasteiger partial charge in [-0.25, -0.2) is 4.79 Å². The molecule has 1 rings (SSSR count). The summed E-state index contributed by atoms with van der Waals surface area (Å²) in [4.78, 5) is 12.1. The summed E-state index contributed by atoms with van der Waals surface area (Å²) < 4.78 is 5.63. The molecule has 0 bridgehead atoms. The first kappa shape index (κ1) is 19.5. The molecule has 0 fully saturated rings. The Bertz CT molecular complexity index is 425. The van der Waals surface area contributed by atoms with E-state index < -0.39 is 0 Å². The lowest BCUT2D eigenvalue weighted by Crippen LogP contribution is -2.17. The van der Waals surface area contributed by atoms with Crippen molar-refractivity contribution in [2.75, 3.05) is 0 Å². The summed E-state index contributed by atoms with van der Waals surface area (Å²) in [7, 11) is 0. The van der Waals surface area contributed by atoms with Crippen molar-refractivity contribution in [3.63, 3.8) is 0 Å². The van der Waals surface area contributed by atoms with Gasteiger partial charge in [0.1, 0.15) is 6.10 Å². The number of hydrogen-bond donors (Lipinski definition) is 0. The van der Waals surface area contributed by atoms with Crippen LogP contribution in [0.2, 0.25) is 0 Å². The molecule has 0 radical (unpaired) electrons. The van der Waals surface area contributed by atoms with Gasteiger partial charge < -0.3 is 4.74 Å². The highest BCUT2D eigenvalue weighted by molar-refractivity contribution is 5.89. The molecule has 2 heteroatoms. The summed E-state index contributed by atoms with van der Waals surface area (Å²) in [5.74, 6) is -0.225. The van der Waals surface area contributed by atoms with Gasteiger partial charge in [0, 0.05) is 6.42 Å². The van der Waals surface area contributed by atoms with Crippen LogP contribution >= 0.6 is 0 Å². The molecule has 1 aromatic carbocycles. The Balaban J connectivity index is 2.21. The molecular weight excluding hydrogens is 284 g/mol. The highest BCUT2D eigenvalue weighted by Gasteiger charge is 2.14. The molecule has 0 saturated carbocycles. The molecule has 2 nitrogen and oxygen atoms in total. The van der Waals surface area contributed by atoms with Crippen molar-refractivity contribution >= 4 is 5.97 Å². The third-order valence-electron chi connectivity index (χ3n) is 4.09. The summed E-state index contributed by atoms with van der Waals surface area (Å²) in [6.07, 6.45) is 13.8. The number of carbonyl (C=O) groups is 1. The van der Waals surface area contributed by atoms with E-state index in [9.17, 15) is 4.79 Å². The van der Waals surface area contributed by atoms with Crippen LogP contribution in [0.4, 0.5) is 0 Å². The van der Waals surface area contributed by atoms with E-state index in [2.05, 4.69) is 13.5 Å². The second-order valence-corrected chi connectivity index (χ2v) is 6.18. The van der Waals surface area contributed by atoms with Crippen LogP contribution in [0.15, 0.2) is 43.0 Å². The van der Waals surface area contributed by atoms with Gasteiger partial charge in [-0.1, -0.05) is 76.1 Å². The third-order valence-corrected chi connectivity index (χ3v) is 4.09. The van der Waals surface area contributed by atoms with E-state index in [0.717, 1.165) is 19.3 Å². The molecule has 1 aromatic rings. The van der Waals surface area contributed by atoms with E-state index in [4.69, 9.17) is 4.74 Å². The minimum absolute atomic E-state index is 0.0414. The smallest absolute Gasteiger partial charge is 0.338 e. The highest BCUT2D eigenvalue weighted by atomic mass is 16.5. The van der Waals surface area contributed by atoms with Crippen molar-refractivity contribution in [1.82, 2.24) is 0 Å². The molecule has 0 aromatic heterocycles. The molecule has 0 heterocycles. The van der Waals surface area contributed by atoms with E-state index in [1.165, 1.54) is 44.9 Å². The first-order chi connectivity index (χ1) is 11.3. The Morgan fingerprint density at radius 3 is 2.26 bits per heavy atom. The highest BCUT2D eigenvalue weighted by Crippen LogP contribution is 2.15. The number of rotatable bonds is 13. The Kier molecular flexibility index (Phi) is 10.9. The van der Waals surface area contributed by atoms with Gasteiger partial charge in [-0.2, -0.15) is 0 Å². The van der Waals surface area contributed by atoms with Crippen LogP contribution in [0.3, 0.4) is 0 Å². The topological polar surface area (TPSA) is 26.3 Å². The molecule has 0 aliphatic heterocycles. The Morgan fingerprint density at radius 2 is 1.65 bits per heavy atom. The van der Waals surface area contributed by atoms with Crippen molar-refractivity contribution < 1.29 is 9.53 Å². The van der Waals surface area contributed by atoms with Gasteiger partial charge >= 0.3 is 5.97 Å². The van der Waals surface area contributed by atoms with Crippen LogP contribution in [0.5, 0.6) is 0 Å². The predicted octanol–water partition coefficient (Wildman–Crippen LogP) is 6.32. The summed E-state index contributed by atoms with van der Waals surface area (Å²) in [6, 6.07) is 9.21. The fourth-order valence-corrected chi connectivity index (χ4v) is 2.71. The minimum Gasteiger partial charge on any atom is -0.458 e. The van der Waals surface area contributed by atoms with E-state index in [1.54, 1.807) is 12.1 Å². The first-order valence-electron chi connectivity index (χ1n) is 9.14. The van der Waals surface area contributed by atoms with Gasteiger partial charge in [-0.3, -0.25) is 0 Å². The molecule has 0 aliphatic carbocycles. The van der Waals surface area contributed by atoms with Crippen LogP contribution < -0.4 is 0 Å². The molecule has 0 spiro atoms. The number of benzene rings is 1. The number of unbranched alkanes of at least 4 members (excludes halogenated alkanes) is 7. The van der Waals surface area contributed by atoms with Crippen LogP contribution in [-0.2, 0) is 4.74 Å².